The average Bonchev–Trinajstić information content (AvgIpc) is 3.09. The summed E-state index contributed by atoms with van der Waals surface area (Å²) in [5, 5.41) is 15.2. The van der Waals surface area contributed by atoms with E-state index < -0.39 is 0 Å². The zero-order valence-corrected chi connectivity index (χ0v) is 13.1. The molecule has 1 aromatic carbocycles. The van der Waals surface area contributed by atoms with Crippen molar-refractivity contribution in [3.63, 3.8) is 0 Å². The van der Waals surface area contributed by atoms with E-state index in [2.05, 4.69) is 65.3 Å². The van der Waals surface area contributed by atoms with Gasteiger partial charge in [0.1, 0.15) is 11.4 Å². The summed E-state index contributed by atoms with van der Waals surface area (Å²) in [6.07, 6.45) is 1.70. The fourth-order valence-corrected chi connectivity index (χ4v) is 3.14. The number of aromatic nitrogens is 3. The Balaban J connectivity index is 2.12. The molecular weight excluding hydrogens is 336 g/mol. The maximum Gasteiger partial charge on any atom is 0.131 e. The molecule has 1 N–H and O–H groups in total. The number of rotatable bonds is 3. The number of aromatic amines is 1. The minimum atomic E-state index is 0.738. The van der Waals surface area contributed by atoms with Crippen LogP contribution in [0.2, 0.25) is 0 Å². The maximum atomic E-state index is 4.22. The van der Waals surface area contributed by atoms with Gasteiger partial charge in [0.05, 0.1) is 6.21 Å². The molecule has 0 amide bonds. The van der Waals surface area contributed by atoms with Crippen LogP contribution in [-0.4, -0.2) is 28.7 Å². The molecule has 2 heterocycles. The third-order valence-corrected chi connectivity index (χ3v) is 3.99. The van der Waals surface area contributed by atoms with Gasteiger partial charge in [0.2, 0.25) is 0 Å². The second-order valence-corrected chi connectivity index (χ2v) is 5.88. The van der Waals surface area contributed by atoms with Crippen molar-refractivity contribution in [1.82, 2.24) is 15.4 Å². The van der Waals surface area contributed by atoms with Gasteiger partial charge >= 0.3 is 0 Å². The average molecular weight is 347 g/mol. The Kier molecular flexibility index (Phi) is 3.75. The number of nitrogens with zero attached hydrogens (tertiary/aromatic N) is 3. The standard InChI is InChI=1S/C14H11BrN4S/c1-16-7-13-14(18-19-17-13)11-4-10(5-12(15)6-11)9-2-3-20-8-9/h2-8H,1H3,(H,17,18,19). The van der Waals surface area contributed by atoms with Crippen molar-refractivity contribution in [2.24, 2.45) is 4.99 Å². The molecule has 4 nitrogen and oxygen atoms in total. The fourth-order valence-electron chi connectivity index (χ4n) is 1.99. The number of thiophene rings is 1. The molecule has 0 aliphatic rings. The van der Waals surface area contributed by atoms with E-state index in [9.17, 15) is 0 Å². The molecule has 100 valence electrons. The highest BCUT2D eigenvalue weighted by Gasteiger charge is 2.11. The van der Waals surface area contributed by atoms with Gasteiger partial charge in [-0.15, -0.1) is 0 Å². The van der Waals surface area contributed by atoms with Crippen molar-refractivity contribution in [3.05, 3.63) is 45.2 Å². The van der Waals surface area contributed by atoms with Crippen molar-refractivity contribution in [1.29, 1.82) is 0 Å². The van der Waals surface area contributed by atoms with E-state index in [-0.39, 0.29) is 0 Å². The first-order valence-corrected chi connectivity index (χ1v) is 7.68. The second kappa shape index (κ2) is 5.68. The first-order valence-electron chi connectivity index (χ1n) is 5.94. The number of nitrogens with one attached hydrogen (secondary N) is 1. The summed E-state index contributed by atoms with van der Waals surface area (Å²) >= 11 is 5.24. The van der Waals surface area contributed by atoms with E-state index in [0.29, 0.717) is 0 Å². The Labute approximate surface area is 128 Å². The topological polar surface area (TPSA) is 53.9 Å². The van der Waals surface area contributed by atoms with Gasteiger partial charge in [-0.1, -0.05) is 15.9 Å². The molecule has 0 unspecified atom stereocenters. The van der Waals surface area contributed by atoms with Gasteiger partial charge in [-0.25, -0.2) is 0 Å². The molecule has 0 saturated carbocycles. The van der Waals surface area contributed by atoms with Crippen LogP contribution >= 0.6 is 27.3 Å². The number of hydrogen-bond acceptors (Lipinski definition) is 4. The number of aliphatic imine (C=N–C) groups is 1. The van der Waals surface area contributed by atoms with Crippen LogP contribution < -0.4 is 0 Å². The molecule has 0 aliphatic heterocycles. The Morgan fingerprint density at radius 2 is 2.05 bits per heavy atom. The quantitative estimate of drug-likeness (QED) is 0.728. The molecule has 3 aromatic rings. The number of H-pyrrole nitrogens is 1. The zero-order valence-electron chi connectivity index (χ0n) is 10.7. The lowest BCUT2D eigenvalue weighted by Crippen LogP contribution is -1.88. The molecule has 0 radical (unpaired) electrons. The molecule has 3 rings (SSSR count). The van der Waals surface area contributed by atoms with Crippen LogP contribution in [-0.2, 0) is 0 Å². The molecular formula is C14H11BrN4S. The molecule has 2 aromatic heterocycles. The third-order valence-electron chi connectivity index (χ3n) is 2.85. The number of benzene rings is 1. The monoisotopic (exact) mass is 346 g/mol. The van der Waals surface area contributed by atoms with Gasteiger partial charge in [0.25, 0.3) is 0 Å². The van der Waals surface area contributed by atoms with Crippen molar-refractivity contribution in [2.45, 2.75) is 0 Å². The Morgan fingerprint density at radius 1 is 1.20 bits per heavy atom. The van der Waals surface area contributed by atoms with Crippen molar-refractivity contribution in [2.75, 3.05) is 7.05 Å². The summed E-state index contributed by atoms with van der Waals surface area (Å²) in [6, 6.07) is 8.34. The molecule has 20 heavy (non-hydrogen) atoms. The van der Waals surface area contributed by atoms with Gasteiger partial charge < -0.3 is 0 Å². The smallest absolute Gasteiger partial charge is 0.131 e. The summed E-state index contributed by atoms with van der Waals surface area (Å²) in [5.74, 6) is 0. The van der Waals surface area contributed by atoms with Crippen LogP contribution in [0.15, 0.2) is 44.5 Å². The van der Waals surface area contributed by atoms with Gasteiger partial charge in [0, 0.05) is 17.1 Å². The van der Waals surface area contributed by atoms with Gasteiger partial charge in [-0.05, 0) is 46.2 Å². The Hall–Kier alpha value is -1.79. The second-order valence-electron chi connectivity index (χ2n) is 4.19. The first kappa shape index (κ1) is 13.2. The lowest BCUT2D eigenvalue weighted by molar-refractivity contribution is 0.940. The van der Waals surface area contributed by atoms with E-state index >= 15 is 0 Å². The molecule has 0 aliphatic carbocycles. The Bertz CT molecular complexity index is 746. The molecule has 6 heteroatoms. The number of hydrogen-bond donors (Lipinski definition) is 1. The highest BCUT2D eigenvalue weighted by atomic mass is 79.9. The minimum absolute atomic E-state index is 0.738. The van der Waals surface area contributed by atoms with E-state index in [4.69, 9.17) is 0 Å². The van der Waals surface area contributed by atoms with E-state index in [1.165, 1.54) is 5.56 Å². The van der Waals surface area contributed by atoms with Crippen molar-refractivity contribution < 1.29 is 0 Å². The highest BCUT2D eigenvalue weighted by Crippen LogP contribution is 2.31. The summed E-state index contributed by atoms with van der Waals surface area (Å²) in [4.78, 5) is 4.00. The largest absolute Gasteiger partial charge is 0.294 e. The maximum absolute atomic E-state index is 4.22. The van der Waals surface area contributed by atoms with Crippen LogP contribution in [0.3, 0.4) is 0 Å². The van der Waals surface area contributed by atoms with Crippen LogP contribution in [0.5, 0.6) is 0 Å². The molecule has 0 bridgehead atoms. The van der Waals surface area contributed by atoms with Crippen LogP contribution in [0.1, 0.15) is 5.69 Å². The first-order chi connectivity index (χ1) is 9.78. The molecule has 0 spiro atoms. The zero-order chi connectivity index (χ0) is 13.9. The van der Waals surface area contributed by atoms with Crippen LogP contribution in [0, 0.1) is 0 Å². The van der Waals surface area contributed by atoms with Crippen molar-refractivity contribution in [3.8, 4) is 22.4 Å². The fraction of sp³-hybridized carbons (Fsp3) is 0.0714. The molecule has 0 saturated heterocycles. The van der Waals surface area contributed by atoms with Crippen LogP contribution in [0.25, 0.3) is 22.4 Å². The predicted molar refractivity (Wildman–Crippen MR) is 86.3 cm³/mol. The van der Waals surface area contributed by atoms with E-state index in [1.54, 1.807) is 24.6 Å². The third kappa shape index (κ3) is 2.57. The summed E-state index contributed by atoms with van der Waals surface area (Å²) in [5.41, 5.74) is 4.89. The van der Waals surface area contributed by atoms with Gasteiger partial charge in [-0.3, -0.25) is 4.99 Å². The van der Waals surface area contributed by atoms with E-state index in [1.807, 2.05) is 6.07 Å². The van der Waals surface area contributed by atoms with Gasteiger partial charge in [-0.2, -0.15) is 26.7 Å². The SMILES string of the molecule is CN=Cc1n[nH]nc1-c1cc(Br)cc(-c2ccsc2)c1. The summed E-state index contributed by atoms with van der Waals surface area (Å²) < 4.78 is 1.01. The molecule has 0 atom stereocenters. The summed E-state index contributed by atoms with van der Waals surface area (Å²) in [6.45, 7) is 0. The normalized spacial score (nSPS) is 11.3. The lowest BCUT2D eigenvalue weighted by atomic mass is 10.0. The van der Waals surface area contributed by atoms with E-state index in [0.717, 1.165) is 27.0 Å². The highest BCUT2D eigenvalue weighted by molar-refractivity contribution is 9.10. The predicted octanol–water partition coefficient (Wildman–Crippen LogP) is 4.01. The molecule has 0 fully saturated rings. The van der Waals surface area contributed by atoms with Gasteiger partial charge in [0.15, 0.2) is 0 Å². The Morgan fingerprint density at radius 3 is 2.80 bits per heavy atom. The number of halogens is 1. The summed E-state index contributed by atoms with van der Waals surface area (Å²) in [7, 11) is 1.72. The van der Waals surface area contributed by atoms with Crippen molar-refractivity contribution >= 4 is 33.5 Å². The lowest BCUT2D eigenvalue weighted by Gasteiger charge is -2.04. The minimum Gasteiger partial charge on any atom is -0.294 e. The van der Waals surface area contributed by atoms with Crippen LogP contribution in [0.4, 0.5) is 0 Å².